The van der Waals surface area contributed by atoms with Crippen molar-refractivity contribution in [2.24, 2.45) is 5.73 Å². The number of rotatable bonds is 4. The molecule has 0 aliphatic heterocycles. The zero-order chi connectivity index (χ0) is 14.8. The monoisotopic (exact) mass is 300 g/mol. The molecule has 21 heavy (non-hydrogen) atoms. The molecule has 2 heterocycles. The molecule has 0 bridgehead atoms. The van der Waals surface area contributed by atoms with Crippen LogP contribution in [0.25, 0.3) is 22.2 Å². The molecule has 0 amide bonds. The minimum absolute atomic E-state index is 0.422. The summed E-state index contributed by atoms with van der Waals surface area (Å²) in [6.07, 6.45) is 1.01. The second-order valence-electron chi connectivity index (χ2n) is 4.70. The highest BCUT2D eigenvalue weighted by Gasteiger charge is 2.16. The van der Waals surface area contributed by atoms with Crippen molar-refractivity contribution in [3.63, 3.8) is 0 Å². The van der Waals surface area contributed by atoms with Crippen molar-refractivity contribution in [1.29, 1.82) is 0 Å². The molecule has 0 fully saturated rings. The molecule has 6 heteroatoms. The minimum Gasteiger partial charge on any atom is -0.333 e. The highest BCUT2D eigenvalue weighted by molar-refractivity contribution is 7.15. The molecule has 1 aromatic carbocycles. The third-order valence-electron chi connectivity index (χ3n) is 3.26. The molecule has 0 saturated carbocycles. The summed E-state index contributed by atoms with van der Waals surface area (Å²) in [5.74, 6) is 1.09. The van der Waals surface area contributed by atoms with E-state index in [0.29, 0.717) is 18.3 Å². The van der Waals surface area contributed by atoms with E-state index < -0.39 is 0 Å². The summed E-state index contributed by atoms with van der Waals surface area (Å²) in [5, 5.41) is 4.93. The molecular formula is C15H16N4OS. The Morgan fingerprint density at radius 2 is 1.95 bits per heavy atom. The van der Waals surface area contributed by atoms with Crippen LogP contribution in [0.4, 0.5) is 0 Å². The summed E-state index contributed by atoms with van der Waals surface area (Å²) < 4.78 is 5.37. The topological polar surface area (TPSA) is 77.8 Å². The Labute approximate surface area is 126 Å². The first-order valence-corrected chi connectivity index (χ1v) is 7.62. The average molecular weight is 300 g/mol. The normalized spacial score (nSPS) is 11.0. The second kappa shape index (κ2) is 5.75. The van der Waals surface area contributed by atoms with Gasteiger partial charge in [-0.3, -0.25) is 0 Å². The average Bonchev–Trinajstić information content (AvgIpc) is 3.13. The van der Waals surface area contributed by atoms with E-state index in [4.69, 9.17) is 10.3 Å². The maximum Gasteiger partial charge on any atom is 0.270 e. The lowest BCUT2D eigenvalue weighted by Gasteiger charge is -1.97. The van der Waals surface area contributed by atoms with Crippen molar-refractivity contribution in [2.75, 3.05) is 0 Å². The van der Waals surface area contributed by atoms with Gasteiger partial charge in [-0.1, -0.05) is 36.3 Å². The largest absolute Gasteiger partial charge is 0.333 e. The van der Waals surface area contributed by atoms with Gasteiger partial charge in [-0.25, -0.2) is 4.98 Å². The molecule has 0 unspecified atom stereocenters. The van der Waals surface area contributed by atoms with Crippen LogP contribution in [0.5, 0.6) is 0 Å². The fourth-order valence-corrected chi connectivity index (χ4v) is 2.93. The summed E-state index contributed by atoms with van der Waals surface area (Å²) in [7, 11) is 0. The molecule has 0 atom stereocenters. The molecule has 0 spiro atoms. The molecule has 3 aromatic rings. The van der Waals surface area contributed by atoms with Crippen LogP contribution in [0.15, 0.2) is 28.8 Å². The minimum atomic E-state index is 0.422. The van der Waals surface area contributed by atoms with E-state index in [9.17, 15) is 0 Å². The number of thiazole rings is 1. The fraction of sp³-hybridized carbons (Fsp3) is 0.267. The maximum absolute atomic E-state index is 5.61. The molecule has 108 valence electrons. The van der Waals surface area contributed by atoms with Gasteiger partial charge in [0, 0.05) is 12.1 Å². The first-order chi connectivity index (χ1) is 10.2. The lowest BCUT2D eigenvalue weighted by atomic mass is 10.1. The summed E-state index contributed by atoms with van der Waals surface area (Å²) in [5.41, 5.74) is 8.72. The fourth-order valence-electron chi connectivity index (χ4n) is 2.06. The number of aryl methyl sites for hydroxylation is 2. The molecule has 2 aromatic heterocycles. The van der Waals surface area contributed by atoms with E-state index in [1.54, 1.807) is 0 Å². The lowest BCUT2D eigenvalue weighted by Crippen LogP contribution is -1.94. The van der Waals surface area contributed by atoms with Crippen LogP contribution in [0.3, 0.4) is 0 Å². The van der Waals surface area contributed by atoms with Crippen LogP contribution >= 0.6 is 11.3 Å². The van der Waals surface area contributed by atoms with E-state index in [1.165, 1.54) is 16.9 Å². The maximum atomic E-state index is 5.61. The van der Waals surface area contributed by atoms with Gasteiger partial charge in [0.25, 0.3) is 5.89 Å². The molecule has 0 aliphatic rings. The summed E-state index contributed by atoms with van der Waals surface area (Å²) in [6.45, 7) is 4.47. The van der Waals surface area contributed by atoms with Crippen molar-refractivity contribution in [2.45, 2.75) is 26.8 Å². The SMILES string of the molecule is CCc1ccc(-c2noc(-c3sc(CN)nc3C)n2)cc1. The highest BCUT2D eigenvalue weighted by Crippen LogP contribution is 2.30. The number of nitrogens with zero attached hydrogens (tertiary/aromatic N) is 3. The summed E-state index contributed by atoms with van der Waals surface area (Å²) in [6, 6.07) is 8.18. The van der Waals surface area contributed by atoms with Crippen LogP contribution in [-0.4, -0.2) is 15.1 Å². The smallest absolute Gasteiger partial charge is 0.270 e. The van der Waals surface area contributed by atoms with Crippen molar-refractivity contribution in [3.8, 4) is 22.2 Å². The zero-order valence-corrected chi connectivity index (χ0v) is 12.8. The first kappa shape index (κ1) is 13.9. The van der Waals surface area contributed by atoms with Gasteiger partial charge in [-0.15, -0.1) is 11.3 Å². The number of hydrogen-bond acceptors (Lipinski definition) is 6. The number of hydrogen-bond donors (Lipinski definition) is 1. The van der Waals surface area contributed by atoms with Gasteiger partial charge in [0.2, 0.25) is 5.82 Å². The third kappa shape index (κ3) is 2.72. The third-order valence-corrected chi connectivity index (χ3v) is 4.42. The van der Waals surface area contributed by atoms with Gasteiger partial charge in [0.15, 0.2) is 0 Å². The van der Waals surface area contributed by atoms with E-state index >= 15 is 0 Å². The molecule has 0 saturated heterocycles. The van der Waals surface area contributed by atoms with E-state index in [-0.39, 0.29) is 0 Å². The van der Waals surface area contributed by atoms with Crippen LogP contribution in [0.1, 0.15) is 23.2 Å². The highest BCUT2D eigenvalue weighted by atomic mass is 32.1. The predicted molar refractivity (Wildman–Crippen MR) is 82.8 cm³/mol. The van der Waals surface area contributed by atoms with Gasteiger partial charge in [0.1, 0.15) is 9.88 Å². The zero-order valence-electron chi connectivity index (χ0n) is 12.0. The Morgan fingerprint density at radius 3 is 2.57 bits per heavy atom. The van der Waals surface area contributed by atoms with E-state index in [2.05, 4.69) is 34.2 Å². The van der Waals surface area contributed by atoms with Crippen LogP contribution in [-0.2, 0) is 13.0 Å². The van der Waals surface area contributed by atoms with Gasteiger partial charge in [0.05, 0.1) is 5.69 Å². The molecule has 5 nitrogen and oxygen atoms in total. The quantitative estimate of drug-likeness (QED) is 0.800. The van der Waals surface area contributed by atoms with Gasteiger partial charge in [-0.05, 0) is 18.9 Å². The van der Waals surface area contributed by atoms with Gasteiger partial charge < -0.3 is 10.3 Å². The standard InChI is InChI=1S/C15H16N4OS/c1-3-10-4-6-11(7-5-10)14-18-15(20-19-14)13-9(2)17-12(8-16)21-13/h4-7H,3,8,16H2,1-2H3. The number of benzene rings is 1. The van der Waals surface area contributed by atoms with Gasteiger partial charge in [-0.2, -0.15) is 4.98 Å². The Bertz CT molecular complexity index is 745. The van der Waals surface area contributed by atoms with Gasteiger partial charge >= 0.3 is 0 Å². The molecule has 3 rings (SSSR count). The summed E-state index contributed by atoms with van der Waals surface area (Å²) in [4.78, 5) is 9.73. The van der Waals surface area contributed by atoms with Crippen molar-refractivity contribution >= 4 is 11.3 Å². The van der Waals surface area contributed by atoms with Crippen molar-refractivity contribution in [1.82, 2.24) is 15.1 Å². The number of nitrogens with two attached hydrogens (primary N) is 1. The van der Waals surface area contributed by atoms with Crippen LogP contribution < -0.4 is 5.73 Å². The molecule has 2 N–H and O–H groups in total. The predicted octanol–water partition coefficient (Wildman–Crippen LogP) is 3.19. The molecule has 0 aliphatic carbocycles. The summed E-state index contributed by atoms with van der Waals surface area (Å²) >= 11 is 1.49. The molecule has 0 radical (unpaired) electrons. The lowest BCUT2D eigenvalue weighted by molar-refractivity contribution is 0.433. The van der Waals surface area contributed by atoms with Crippen LogP contribution in [0.2, 0.25) is 0 Å². The van der Waals surface area contributed by atoms with E-state index in [1.807, 2.05) is 19.1 Å². The Balaban J connectivity index is 1.93. The Hall–Kier alpha value is -2.05. The second-order valence-corrected chi connectivity index (χ2v) is 5.78. The Morgan fingerprint density at radius 1 is 1.19 bits per heavy atom. The van der Waals surface area contributed by atoms with Crippen molar-refractivity contribution < 1.29 is 4.52 Å². The first-order valence-electron chi connectivity index (χ1n) is 6.81. The van der Waals surface area contributed by atoms with E-state index in [0.717, 1.165) is 27.6 Å². The Kier molecular flexibility index (Phi) is 3.81. The van der Waals surface area contributed by atoms with Crippen LogP contribution in [0, 0.1) is 6.92 Å². The van der Waals surface area contributed by atoms with Crippen molar-refractivity contribution in [3.05, 3.63) is 40.5 Å². The number of aromatic nitrogens is 3. The molecular weight excluding hydrogens is 284 g/mol.